The van der Waals surface area contributed by atoms with Gasteiger partial charge in [-0.15, -0.1) is 0 Å². The zero-order valence-electron chi connectivity index (χ0n) is 14.3. The molecule has 0 unspecified atom stereocenters. The van der Waals surface area contributed by atoms with Crippen LogP contribution in [0.1, 0.15) is 31.2 Å². The van der Waals surface area contributed by atoms with E-state index in [-0.39, 0.29) is 17.9 Å². The van der Waals surface area contributed by atoms with Crippen molar-refractivity contribution in [3.8, 4) is 0 Å². The summed E-state index contributed by atoms with van der Waals surface area (Å²) in [6.07, 6.45) is -0.330. The van der Waals surface area contributed by atoms with Gasteiger partial charge in [-0.05, 0) is 23.8 Å². The second-order valence-electron chi connectivity index (χ2n) is 6.23. The van der Waals surface area contributed by atoms with E-state index in [1.807, 2.05) is 13.8 Å². The standard InChI is InChI=1S/C19H17F2N3O2/c1-11(2)18-22-16-6-4-3-5-14(16)19(26)24(18)23-17(25)9-12-7-8-13(20)10-15(12)21/h3-8,10-11H,9H2,1-2H3,(H,23,25). The van der Waals surface area contributed by atoms with Gasteiger partial charge in [0.2, 0.25) is 5.91 Å². The zero-order valence-corrected chi connectivity index (χ0v) is 14.3. The predicted molar refractivity (Wildman–Crippen MR) is 94.5 cm³/mol. The van der Waals surface area contributed by atoms with E-state index in [2.05, 4.69) is 10.4 Å². The molecule has 0 bridgehead atoms. The number of nitrogens with one attached hydrogen (secondary N) is 1. The van der Waals surface area contributed by atoms with Crippen LogP contribution in [0.5, 0.6) is 0 Å². The Kier molecular flexibility index (Phi) is 4.79. The number of halogens is 2. The molecule has 1 N–H and O–H groups in total. The Morgan fingerprint density at radius 3 is 2.62 bits per heavy atom. The first-order valence-corrected chi connectivity index (χ1v) is 8.12. The second-order valence-corrected chi connectivity index (χ2v) is 6.23. The van der Waals surface area contributed by atoms with Gasteiger partial charge in [0.05, 0.1) is 17.3 Å². The molecule has 134 valence electrons. The molecule has 0 aliphatic rings. The Balaban J connectivity index is 1.97. The van der Waals surface area contributed by atoms with Crippen LogP contribution < -0.4 is 11.0 Å². The molecular weight excluding hydrogens is 340 g/mol. The Bertz CT molecular complexity index is 1040. The van der Waals surface area contributed by atoms with Gasteiger partial charge in [-0.2, -0.15) is 0 Å². The van der Waals surface area contributed by atoms with Crippen molar-refractivity contribution in [3.05, 3.63) is 75.8 Å². The number of para-hydroxylation sites is 1. The number of fused-ring (bicyclic) bond motifs is 1. The summed E-state index contributed by atoms with van der Waals surface area (Å²) in [6.45, 7) is 3.69. The van der Waals surface area contributed by atoms with Crippen molar-refractivity contribution in [2.75, 3.05) is 5.43 Å². The van der Waals surface area contributed by atoms with Crippen molar-refractivity contribution < 1.29 is 13.6 Å². The van der Waals surface area contributed by atoms with Gasteiger partial charge >= 0.3 is 0 Å². The van der Waals surface area contributed by atoms with E-state index < -0.39 is 23.1 Å². The van der Waals surface area contributed by atoms with Crippen LogP contribution >= 0.6 is 0 Å². The van der Waals surface area contributed by atoms with Crippen LogP contribution in [0.25, 0.3) is 10.9 Å². The number of hydrogen-bond donors (Lipinski definition) is 1. The normalized spacial score (nSPS) is 11.1. The maximum Gasteiger partial charge on any atom is 0.280 e. The largest absolute Gasteiger partial charge is 0.280 e. The van der Waals surface area contributed by atoms with Crippen LogP contribution in [-0.2, 0) is 11.2 Å². The number of rotatable bonds is 4. The maximum absolute atomic E-state index is 13.7. The van der Waals surface area contributed by atoms with Gasteiger partial charge in [0.1, 0.15) is 17.5 Å². The molecule has 0 aliphatic carbocycles. The SMILES string of the molecule is CC(C)c1nc2ccccc2c(=O)n1NC(=O)Cc1ccc(F)cc1F. The number of hydrogen-bond acceptors (Lipinski definition) is 3. The topological polar surface area (TPSA) is 64.0 Å². The highest BCUT2D eigenvalue weighted by atomic mass is 19.1. The number of carbonyl (C=O) groups is 1. The van der Waals surface area contributed by atoms with Gasteiger partial charge in [0.25, 0.3) is 5.56 Å². The molecule has 5 nitrogen and oxygen atoms in total. The lowest BCUT2D eigenvalue weighted by atomic mass is 10.1. The van der Waals surface area contributed by atoms with Crippen molar-refractivity contribution >= 4 is 16.8 Å². The lowest BCUT2D eigenvalue weighted by Gasteiger charge is -2.16. The first kappa shape index (κ1) is 17.7. The van der Waals surface area contributed by atoms with Crippen LogP contribution in [-0.4, -0.2) is 15.6 Å². The Labute approximate surface area is 148 Å². The van der Waals surface area contributed by atoms with Crippen LogP contribution in [0, 0.1) is 11.6 Å². The molecule has 1 heterocycles. The summed E-state index contributed by atoms with van der Waals surface area (Å²) in [7, 11) is 0. The molecule has 3 rings (SSSR count). The smallest absolute Gasteiger partial charge is 0.273 e. The maximum atomic E-state index is 13.7. The third-order valence-electron chi connectivity index (χ3n) is 3.92. The van der Waals surface area contributed by atoms with Crippen molar-refractivity contribution in [1.82, 2.24) is 9.66 Å². The summed E-state index contributed by atoms with van der Waals surface area (Å²) >= 11 is 0. The lowest BCUT2D eigenvalue weighted by Crippen LogP contribution is -2.37. The summed E-state index contributed by atoms with van der Waals surface area (Å²) in [5, 5.41) is 0.366. The summed E-state index contributed by atoms with van der Waals surface area (Å²) < 4.78 is 27.8. The lowest BCUT2D eigenvalue weighted by molar-refractivity contribution is -0.116. The highest BCUT2D eigenvalue weighted by Gasteiger charge is 2.17. The molecule has 0 atom stereocenters. The highest BCUT2D eigenvalue weighted by molar-refractivity contribution is 5.86. The molecule has 0 radical (unpaired) electrons. The number of carbonyl (C=O) groups excluding carboxylic acids is 1. The monoisotopic (exact) mass is 357 g/mol. The fraction of sp³-hybridized carbons (Fsp3) is 0.211. The van der Waals surface area contributed by atoms with Gasteiger partial charge < -0.3 is 0 Å². The second kappa shape index (κ2) is 7.03. The van der Waals surface area contributed by atoms with E-state index in [0.717, 1.165) is 10.7 Å². The van der Waals surface area contributed by atoms with E-state index in [0.29, 0.717) is 22.8 Å². The molecule has 7 heteroatoms. The molecule has 1 amide bonds. The molecule has 26 heavy (non-hydrogen) atoms. The van der Waals surface area contributed by atoms with Gasteiger partial charge in [-0.1, -0.05) is 32.0 Å². The molecule has 0 aliphatic heterocycles. The van der Waals surface area contributed by atoms with Crippen molar-refractivity contribution in [2.24, 2.45) is 0 Å². The molecule has 1 aromatic heterocycles. The average Bonchev–Trinajstić information content (AvgIpc) is 2.59. The molecule has 3 aromatic rings. The quantitative estimate of drug-likeness (QED) is 0.780. The molecule has 0 fully saturated rings. The minimum Gasteiger partial charge on any atom is -0.273 e. The van der Waals surface area contributed by atoms with Crippen molar-refractivity contribution in [2.45, 2.75) is 26.2 Å². The first-order valence-electron chi connectivity index (χ1n) is 8.12. The molecule has 2 aromatic carbocycles. The Morgan fingerprint density at radius 2 is 1.92 bits per heavy atom. The van der Waals surface area contributed by atoms with Crippen LogP contribution in [0.4, 0.5) is 8.78 Å². The van der Waals surface area contributed by atoms with Gasteiger partial charge in [0, 0.05) is 12.0 Å². The number of aromatic nitrogens is 2. The Hall–Kier alpha value is -3.09. The molecule has 0 spiro atoms. The Morgan fingerprint density at radius 1 is 1.19 bits per heavy atom. The minimum absolute atomic E-state index is 0.0387. The highest BCUT2D eigenvalue weighted by Crippen LogP contribution is 2.14. The third-order valence-corrected chi connectivity index (χ3v) is 3.92. The predicted octanol–water partition coefficient (Wildman–Crippen LogP) is 3.11. The van der Waals surface area contributed by atoms with Crippen LogP contribution in [0.3, 0.4) is 0 Å². The average molecular weight is 357 g/mol. The number of nitrogens with zero attached hydrogens (tertiary/aromatic N) is 2. The van der Waals surface area contributed by atoms with E-state index in [1.54, 1.807) is 24.3 Å². The van der Waals surface area contributed by atoms with E-state index in [9.17, 15) is 18.4 Å². The summed E-state index contributed by atoms with van der Waals surface area (Å²) in [6, 6.07) is 9.83. The summed E-state index contributed by atoms with van der Waals surface area (Å²) in [5.41, 5.74) is 2.65. The van der Waals surface area contributed by atoms with Crippen LogP contribution in [0.2, 0.25) is 0 Å². The van der Waals surface area contributed by atoms with Gasteiger partial charge in [0.15, 0.2) is 0 Å². The van der Waals surface area contributed by atoms with Crippen LogP contribution in [0.15, 0.2) is 47.3 Å². The summed E-state index contributed by atoms with van der Waals surface area (Å²) in [5.74, 6) is -1.87. The van der Waals surface area contributed by atoms with Crippen molar-refractivity contribution in [1.29, 1.82) is 0 Å². The van der Waals surface area contributed by atoms with Gasteiger partial charge in [-0.3, -0.25) is 15.0 Å². The van der Waals surface area contributed by atoms with E-state index >= 15 is 0 Å². The van der Waals surface area contributed by atoms with Gasteiger partial charge in [-0.25, -0.2) is 18.4 Å². The molecule has 0 saturated carbocycles. The zero-order chi connectivity index (χ0) is 18.8. The number of amides is 1. The van der Waals surface area contributed by atoms with E-state index in [4.69, 9.17) is 0 Å². The first-order chi connectivity index (χ1) is 12.4. The fourth-order valence-corrected chi connectivity index (χ4v) is 2.65. The summed E-state index contributed by atoms with van der Waals surface area (Å²) in [4.78, 5) is 29.5. The minimum atomic E-state index is -0.812. The molecule has 0 saturated heterocycles. The van der Waals surface area contributed by atoms with E-state index in [1.165, 1.54) is 6.07 Å². The fourth-order valence-electron chi connectivity index (χ4n) is 2.65. The third kappa shape index (κ3) is 3.46. The molecular formula is C19H17F2N3O2. The van der Waals surface area contributed by atoms with Crippen molar-refractivity contribution in [3.63, 3.8) is 0 Å². The number of benzene rings is 2.